The summed E-state index contributed by atoms with van der Waals surface area (Å²) in [7, 11) is 3.49. The summed E-state index contributed by atoms with van der Waals surface area (Å²) >= 11 is 0. The van der Waals surface area contributed by atoms with Crippen LogP contribution in [0.3, 0.4) is 0 Å². The van der Waals surface area contributed by atoms with Gasteiger partial charge in [0, 0.05) is 25.9 Å². The summed E-state index contributed by atoms with van der Waals surface area (Å²) in [6, 6.07) is 0. The fourth-order valence-corrected chi connectivity index (χ4v) is 1.72. The van der Waals surface area contributed by atoms with E-state index in [4.69, 9.17) is 4.74 Å². The predicted octanol–water partition coefficient (Wildman–Crippen LogP) is 1.89. The maximum Gasteiger partial charge on any atom is 0.255 e. The Labute approximate surface area is 102 Å². The average Bonchev–Trinajstić information content (AvgIpc) is 3.11. The Hall–Kier alpha value is -1.58. The third kappa shape index (κ3) is 2.57. The second-order valence-electron chi connectivity index (χ2n) is 4.53. The number of rotatable bonds is 4. The van der Waals surface area contributed by atoms with E-state index >= 15 is 0 Å². The number of nitrogens with zero attached hydrogens (tertiary/aromatic N) is 2. The van der Waals surface area contributed by atoms with Crippen LogP contribution in [-0.2, 0) is 6.42 Å². The summed E-state index contributed by atoms with van der Waals surface area (Å²) in [6.45, 7) is 2.03. The Kier molecular flexibility index (Phi) is 3.31. The molecule has 2 rings (SSSR count). The summed E-state index contributed by atoms with van der Waals surface area (Å²) in [5, 5.41) is 0. The number of ether oxygens (including phenoxy) is 1. The van der Waals surface area contributed by atoms with E-state index < -0.39 is 0 Å². The van der Waals surface area contributed by atoms with Gasteiger partial charge in [-0.05, 0) is 19.3 Å². The first-order chi connectivity index (χ1) is 8.13. The van der Waals surface area contributed by atoms with Crippen molar-refractivity contribution in [1.82, 2.24) is 9.88 Å². The zero-order valence-corrected chi connectivity index (χ0v) is 10.6. The highest BCUT2D eigenvalue weighted by atomic mass is 16.5. The minimum Gasteiger partial charge on any atom is -0.488 e. The fourth-order valence-electron chi connectivity index (χ4n) is 1.72. The van der Waals surface area contributed by atoms with Crippen molar-refractivity contribution in [2.24, 2.45) is 0 Å². The summed E-state index contributed by atoms with van der Waals surface area (Å²) < 4.78 is 5.78. The molecule has 0 aliphatic heterocycles. The standard InChI is InChI=1S/C13H18N2O2/c1-4-10-11(13(16)15(2)3)7-14-8-12(10)17-9-5-6-9/h7-9H,4-6H2,1-3H3. The van der Waals surface area contributed by atoms with E-state index in [1.165, 1.54) is 0 Å². The van der Waals surface area contributed by atoms with Crippen LogP contribution in [0.1, 0.15) is 35.7 Å². The molecule has 92 valence electrons. The molecule has 4 heteroatoms. The molecule has 0 bridgehead atoms. The van der Waals surface area contributed by atoms with Crippen LogP contribution in [0.15, 0.2) is 12.4 Å². The van der Waals surface area contributed by atoms with E-state index in [2.05, 4.69) is 4.98 Å². The highest BCUT2D eigenvalue weighted by molar-refractivity contribution is 5.95. The Bertz CT molecular complexity index is 425. The second kappa shape index (κ2) is 4.73. The lowest BCUT2D eigenvalue weighted by atomic mass is 10.1. The molecule has 1 fully saturated rings. The monoisotopic (exact) mass is 234 g/mol. The molecule has 1 heterocycles. The van der Waals surface area contributed by atoms with Gasteiger partial charge in [0.25, 0.3) is 5.91 Å². The van der Waals surface area contributed by atoms with Crippen LogP contribution in [0.4, 0.5) is 0 Å². The summed E-state index contributed by atoms with van der Waals surface area (Å²) in [4.78, 5) is 17.7. The third-order valence-electron chi connectivity index (χ3n) is 2.83. The average molecular weight is 234 g/mol. The molecule has 0 aromatic carbocycles. The number of aromatic nitrogens is 1. The molecule has 17 heavy (non-hydrogen) atoms. The first-order valence-corrected chi connectivity index (χ1v) is 5.98. The van der Waals surface area contributed by atoms with Crippen LogP contribution < -0.4 is 4.74 Å². The third-order valence-corrected chi connectivity index (χ3v) is 2.83. The Morgan fingerprint density at radius 3 is 2.71 bits per heavy atom. The van der Waals surface area contributed by atoms with Crippen molar-refractivity contribution < 1.29 is 9.53 Å². The first-order valence-electron chi connectivity index (χ1n) is 5.98. The molecule has 0 saturated heterocycles. The van der Waals surface area contributed by atoms with Crippen molar-refractivity contribution in [2.45, 2.75) is 32.3 Å². The van der Waals surface area contributed by atoms with Gasteiger partial charge in [-0.1, -0.05) is 6.92 Å². The lowest BCUT2D eigenvalue weighted by Gasteiger charge is -2.16. The van der Waals surface area contributed by atoms with Crippen molar-refractivity contribution in [3.63, 3.8) is 0 Å². The minimum atomic E-state index is -0.0180. The van der Waals surface area contributed by atoms with Crippen LogP contribution in [0.2, 0.25) is 0 Å². The normalized spacial score (nSPS) is 14.5. The van der Waals surface area contributed by atoms with Crippen LogP contribution in [0.5, 0.6) is 5.75 Å². The maximum absolute atomic E-state index is 12.0. The summed E-state index contributed by atoms with van der Waals surface area (Å²) in [5.41, 5.74) is 1.61. The Morgan fingerprint density at radius 1 is 1.47 bits per heavy atom. The second-order valence-corrected chi connectivity index (χ2v) is 4.53. The van der Waals surface area contributed by atoms with Crippen molar-refractivity contribution in [1.29, 1.82) is 0 Å². The molecule has 0 unspecified atom stereocenters. The van der Waals surface area contributed by atoms with Crippen molar-refractivity contribution in [3.8, 4) is 5.75 Å². The highest BCUT2D eigenvalue weighted by Crippen LogP contribution is 2.30. The summed E-state index contributed by atoms with van der Waals surface area (Å²) in [5.74, 6) is 0.748. The topological polar surface area (TPSA) is 42.4 Å². The molecule has 0 N–H and O–H groups in total. The number of hydrogen-bond acceptors (Lipinski definition) is 3. The number of amides is 1. The Morgan fingerprint density at radius 2 is 2.18 bits per heavy atom. The van der Waals surface area contributed by atoms with Gasteiger partial charge in [-0.25, -0.2) is 0 Å². The number of pyridine rings is 1. The van der Waals surface area contributed by atoms with E-state index in [1.807, 2.05) is 6.92 Å². The first kappa shape index (κ1) is 11.9. The lowest BCUT2D eigenvalue weighted by Crippen LogP contribution is -2.23. The maximum atomic E-state index is 12.0. The van der Waals surface area contributed by atoms with Crippen LogP contribution >= 0.6 is 0 Å². The zero-order valence-electron chi connectivity index (χ0n) is 10.6. The number of hydrogen-bond donors (Lipinski definition) is 0. The van der Waals surface area contributed by atoms with E-state index in [9.17, 15) is 4.79 Å². The largest absolute Gasteiger partial charge is 0.488 e. The van der Waals surface area contributed by atoms with Gasteiger partial charge in [0.05, 0.1) is 17.9 Å². The highest BCUT2D eigenvalue weighted by Gasteiger charge is 2.26. The Balaban J connectivity index is 2.33. The van der Waals surface area contributed by atoms with Crippen molar-refractivity contribution in [3.05, 3.63) is 23.5 Å². The van der Waals surface area contributed by atoms with Crippen molar-refractivity contribution >= 4 is 5.91 Å². The molecule has 0 radical (unpaired) electrons. The molecule has 1 aromatic rings. The number of carbonyl (C=O) groups excluding carboxylic acids is 1. The van der Waals surface area contributed by atoms with E-state index in [0.717, 1.165) is 30.6 Å². The zero-order chi connectivity index (χ0) is 12.4. The van der Waals surface area contributed by atoms with Gasteiger partial charge in [-0.3, -0.25) is 9.78 Å². The van der Waals surface area contributed by atoms with Gasteiger partial charge >= 0.3 is 0 Å². The van der Waals surface area contributed by atoms with Crippen molar-refractivity contribution in [2.75, 3.05) is 14.1 Å². The van der Waals surface area contributed by atoms with Crippen LogP contribution in [-0.4, -0.2) is 36.0 Å². The van der Waals surface area contributed by atoms with Gasteiger partial charge in [-0.15, -0.1) is 0 Å². The SMILES string of the molecule is CCc1c(OC2CC2)cncc1C(=O)N(C)C. The van der Waals surface area contributed by atoms with Crippen LogP contribution in [0, 0.1) is 0 Å². The van der Waals surface area contributed by atoms with Crippen LogP contribution in [0.25, 0.3) is 0 Å². The van der Waals surface area contributed by atoms with Gasteiger partial charge in [0.2, 0.25) is 0 Å². The van der Waals surface area contributed by atoms with E-state index in [1.54, 1.807) is 31.4 Å². The minimum absolute atomic E-state index is 0.0180. The molecule has 1 aliphatic carbocycles. The molecule has 0 atom stereocenters. The number of carbonyl (C=O) groups is 1. The van der Waals surface area contributed by atoms with Gasteiger partial charge in [-0.2, -0.15) is 0 Å². The van der Waals surface area contributed by atoms with E-state index in [-0.39, 0.29) is 5.91 Å². The van der Waals surface area contributed by atoms with Gasteiger partial charge < -0.3 is 9.64 Å². The molecule has 1 aliphatic rings. The van der Waals surface area contributed by atoms with E-state index in [0.29, 0.717) is 11.7 Å². The molecule has 1 amide bonds. The smallest absolute Gasteiger partial charge is 0.255 e. The molecule has 0 spiro atoms. The van der Waals surface area contributed by atoms with Gasteiger partial charge in [0.15, 0.2) is 0 Å². The molecule has 4 nitrogen and oxygen atoms in total. The molecule has 1 aromatic heterocycles. The van der Waals surface area contributed by atoms with Gasteiger partial charge in [0.1, 0.15) is 5.75 Å². The lowest BCUT2D eigenvalue weighted by molar-refractivity contribution is 0.0825. The fraction of sp³-hybridized carbons (Fsp3) is 0.538. The predicted molar refractivity (Wildman–Crippen MR) is 65.3 cm³/mol. The quantitative estimate of drug-likeness (QED) is 0.799. The summed E-state index contributed by atoms with van der Waals surface area (Å²) in [6.07, 6.45) is 6.65. The molecule has 1 saturated carbocycles. The molecular weight excluding hydrogens is 216 g/mol. The molecular formula is C13H18N2O2.